The number of ether oxygens (including phenoxy) is 2. The van der Waals surface area contributed by atoms with Gasteiger partial charge in [0, 0.05) is 37.3 Å². The molecule has 194 valence electrons. The van der Waals surface area contributed by atoms with E-state index in [0.717, 1.165) is 0 Å². The number of amides is 1. The van der Waals surface area contributed by atoms with Crippen molar-refractivity contribution < 1.29 is 32.3 Å². The first-order valence-corrected chi connectivity index (χ1v) is 13.1. The van der Waals surface area contributed by atoms with Crippen LogP contribution in [0.15, 0.2) is 47.4 Å². The molecule has 0 aliphatic carbocycles. The molecule has 9 nitrogen and oxygen atoms in total. The minimum atomic E-state index is -4.04. The quantitative estimate of drug-likeness (QED) is 0.427. The maximum absolute atomic E-state index is 13.6. The van der Waals surface area contributed by atoms with Crippen LogP contribution in [-0.4, -0.2) is 75.4 Å². The third kappa shape index (κ3) is 5.60. The summed E-state index contributed by atoms with van der Waals surface area (Å²) in [6.45, 7) is 7.98. The summed E-state index contributed by atoms with van der Waals surface area (Å²) in [6, 6.07) is 11.2. The predicted octanol–water partition coefficient (Wildman–Crippen LogP) is 3.46. The van der Waals surface area contributed by atoms with Crippen LogP contribution < -0.4 is 0 Å². The minimum absolute atomic E-state index is 0.0737. The molecule has 3 rings (SSSR count). The van der Waals surface area contributed by atoms with Gasteiger partial charge in [0.1, 0.15) is 0 Å². The highest BCUT2D eigenvalue weighted by atomic mass is 32.2. The summed E-state index contributed by atoms with van der Waals surface area (Å²) in [6.07, 6.45) is -0.485. The van der Waals surface area contributed by atoms with Crippen molar-refractivity contribution in [1.29, 1.82) is 0 Å². The van der Waals surface area contributed by atoms with Crippen LogP contribution in [0.25, 0.3) is 0 Å². The van der Waals surface area contributed by atoms with Gasteiger partial charge in [-0.3, -0.25) is 4.79 Å². The van der Waals surface area contributed by atoms with Gasteiger partial charge >= 0.3 is 12.1 Å². The summed E-state index contributed by atoms with van der Waals surface area (Å²) < 4.78 is 38.5. The highest BCUT2D eigenvalue weighted by molar-refractivity contribution is 7.89. The van der Waals surface area contributed by atoms with Gasteiger partial charge in [-0.1, -0.05) is 51.1 Å². The number of esters is 1. The second-order valence-electron chi connectivity index (χ2n) is 9.42. The molecule has 0 radical (unpaired) electrons. The zero-order valence-electron chi connectivity index (χ0n) is 21.2. The van der Waals surface area contributed by atoms with Gasteiger partial charge in [0.15, 0.2) is 5.78 Å². The van der Waals surface area contributed by atoms with Crippen molar-refractivity contribution in [3.05, 3.63) is 64.7 Å². The monoisotopic (exact) mass is 516 g/mol. The largest absolute Gasteiger partial charge is 0.465 e. The van der Waals surface area contributed by atoms with Gasteiger partial charge in [-0.05, 0) is 30.0 Å². The Morgan fingerprint density at radius 3 is 2.11 bits per heavy atom. The SMILES string of the molecule is CCOC(=O)N1CCN(S(=O)(=O)c2cc(C(=O)OC)c(C(=O)c3ccccc3)c(C(C)(C)C)c2)CC1. The standard InChI is InChI=1S/C26H32N2O7S/c1-6-35-25(31)27-12-14-28(15-13-27)36(32,33)19-16-20(24(30)34-5)22(21(17-19)26(2,3)4)23(29)18-10-8-7-9-11-18/h7-11,16-17H,6,12-15H2,1-5H3. The van der Waals surface area contributed by atoms with Gasteiger partial charge in [0.25, 0.3) is 0 Å². The molecule has 36 heavy (non-hydrogen) atoms. The van der Waals surface area contributed by atoms with Gasteiger partial charge in [-0.2, -0.15) is 4.31 Å². The van der Waals surface area contributed by atoms with E-state index in [2.05, 4.69) is 0 Å². The third-order valence-corrected chi connectivity index (χ3v) is 7.87. The number of nitrogens with zero attached hydrogens (tertiary/aromatic N) is 2. The van der Waals surface area contributed by atoms with Crippen LogP contribution in [0.4, 0.5) is 4.79 Å². The zero-order valence-corrected chi connectivity index (χ0v) is 22.1. The molecule has 0 atom stereocenters. The number of carbonyl (C=O) groups is 3. The second kappa shape index (κ2) is 10.8. The van der Waals surface area contributed by atoms with E-state index in [-0.39, 0.29) is 48.8 Å². The smallest absolute Gasteiger partial charge is 0.409 e. The van der Waals surface area contributed by atoms with E-state index in [0.29, 0.717) is 11.1 Å². The molecule has 0 spiro atoms. The van der Waals surface area contributed by atoms with Crippen molar-refractivity contribution >= 4 is 27.9 Å². The van der Waals surface area contributed by atoms with Crippen molar-refractivity contribution in [2.45, 2.75) is 38.0 Å². The van der Waals surface area contributed by atoms with Gasteiger partial charge in [-0.15, -0.1) is 0 Å². The maximum atomic E-state index is 13.6. The fourth-order valence-electron chi connectivity index (χ4n) is 4.08. The molecule has 0 saturated carbocycles. The van der Waals surface area contributed by atoms with E-state index in [1.54, 1.807) is 37.3 Å². The molecule has 0 N–H and O–H groups in total. The molecule has 1 amide bonds. The lowest BCUT2D eigenvalue weighted by Gasteiger charge is -2.33. The number of piperazine rings is 1. The molecule has 1 aliphatic rings. The molecular weight excluding hydrogens is 484 g/mol. The fourth-order valence-corrected chi connectivity index (χ4v) is 5.56. The summed E-state index contributed by atoms with van der Waals surface area (Å²) in [7, 11) is -2.86. The Hall–Kier alpha value is -3.24. The molecule has 0 unspecified atom stereocenters. The molecule has 1 aliphatic heterocycles. The Balaban J connectivity index is 2.10. The number of benzene rings is 2. The van der Waals surface area contributed by atoms with Crippen LogP contribution in [0.3, 0.4) is 0 Å². The van der Waals surface area contributed by atoms with Crippen molar-refractivity contribution in [2.75, 3.05) is 39.9 Å². The molecule has 1 fully saturated rings. The van der Waals surface area contributed by atoms with Crippen molar-refractivity contribution in [2.24, 2.45) is 0 Å². The van der Waals surface area contributed by atoms with Crippen LogP contribution in [-0.2, 0) is 24.9 Å². The van der Waals surface area contributed by atoms with Crippen molar-refractivity contribution in [3.8, 4) is 0 Å². The summed E-state index contributed by atoms with van der Waals surface area (Å²) >= 11 is 0. The Morgan fingerprint density at radius 2 is 1.58 bits per heavy atom. The molecule has 2 aromatic carbocycles. The highest BCUT2D eigenvalue weighted by Crippen LogP contribution is 2.34. The topological polar surface area (TPSA) is 110 Å². The molecule has 2 aromatic rings. The first-order chi connectivity index (χ1) is 16.9. The van der Waals surface area contributed by atoms with Crippen LogP contribution in [0.1, 0.15) is 59.5 Å². The molecule has 10 heteroatoms. The van der Waals surface area contributed by atoms with Crippen LogP contribution in [0.5, 0.6) is 0 Å². The van der Waals surface area contributed by atoms with Gasteiger partial charge in [0.2, 0.25) is 10.0 Å². The average molecular weight is 517 g/mol. The summed E-state index contributed by atoms with van der Waals surface area (Å²) in [5.41, 5.74) is 0.132. The van der Waals surface area contributed by atoms with E-state index in [1.807, 2.05) is 20.8 Å². The minimum Gasteiger partial charge on any atom is -0.465 e. The Morgan fingerprint density at radius 1 is 0.972 bits per heavy atom. The van der Waals surface area contributed by atoms with E-state index in [1.165, 1.54) is 28.4 Å². The molecule has 1 heterocycles. The average Bonchev–Trinajstić information content (AvgIpc) is 2.87. The molecular formula is C26H32N2O7S. The van der Waals surface area contributed by atoms with Crippen molar-refractivity contribution in [3.63, 3.8) is 0 Å². The number of hydrogen-bond acceptors (Lipinski definition) is 7. The number of sulfonamides is 1. The Bertz CT molecular complexity index is 1240. The maximum Gasteiger partial charge on any atom is 0.409 e. The van der Waals surface area contributed by atoms with Crippen molar-refractivity contribution in [1.82, 2.24) is 9.21 Å². The number of methoxy groups -OCH3 is 1. The number of hydrogen-bond donors (Lipinski definition) is 0. The fraction of sp³-hybridized carbons (Fsp3) is 0.423. The van der Waals surface area contributed by atoms with Crippen LogP contribution >= 0.6 is 0 Å². The third-order valence-electron chi connectivity index (χ3n) is 5.99. The molecule has 0 bridgehead atoms. The first-order valence-electron chi connectivity index (χ1n) is 11.7. The second-order valence-corrected chi connectivity index (χ2v) is 11.4. The van der Waals surface area contributed by atoms with Crippen LogP contribution in [0, 0.1) is 0 Å². The number of carbonyl (C=O) groups excluding carboxylic acids is 3. The lowest BCUT2D eigenvalue weighted by molar-refractivity contribution is 0.0596. The highest BCUT2D eigenvalue weighted by Gasteiger charge is 2.35. The van der Waals surface area contributed by atoms with E-state index >= 15 is 0 Å². The lowest BCUT2D eigenvalue weighted by Crippen LogP contribution is -2.50. The van der Waals surface area contributed by atoms with E-state index in [9.17, 15) is 22.8 Å². The molecule has 0 aromatic heterocycles. The normalized spacial score (nSPS) is 14.9. The Kier molecular flexibility index (Phi) is 8.20. The lowest BCUT2D eigenvalue weighted by atomic mass is 9.80. The van der Waals surface area contributed by atoms with E-state index in [4.69, 9.17) is 9.47 Å². The zero-order chi connectivity index (χ0) is 26.7. The Labute approximate surface area is 212 Å². The van der Waals surface area contributed by atoms with Gasteiger partial charge in [-0.25, -0.2) is 18.0 Å². The number of ketones is 1. The first kappa shape index (κ1) is 27.3. The van der Waals surface area contributed by atoms with Crippen LogP contribution in [0.2, 0.25) is 0 Å². The van der Waals surface area contributed by atoms with Gasteiger partial charge in [0.05, 0.1) is 24.2 Å². The number of rotatable bonds is 6. The molecule has 1 saturated heterocycles. The summed E-state index contributed by atoms with van der Waals surface area (Å²) in [4.78, 5) is 39.7. The summed E-state index contributed by atoms with van der Waals surface area (Å²) in [5.74, 6) is -1.20. The van der Waals surface area contributed by atoms with Gasteiger partial charge < -0.3 is 14.4 Å². The summed E-state index contributed by atoms with van der Waals surface area (Å²) in [5, 5.41) is 0. The predicted molar refractivity (Wildman–Crippen MR) is 134 cm³/mol. The van der Waals surface area contributed by atoms with E-state index < -0.39 is 33.3 Å².